The van der Waals surface area contributed by atoms with Gasteiger partial charge in [0.05, 0.1) is 6.61 Å². The molecule has 1 N–H and O–H groups in total. The number of esters is 1. The molecule has 128 valence electrons. The van der Waals surface area contributed by atoms with Gasteiger partial charge >= 0.3 is 5.97 Å². The van der Waals surface area contributed by atoms with Crippen LogP contribution in [0.4, 0.5) is 5.00 Å². The van der Waals surface area contributed by atoms with Crippen LogP contribution in [0.25, 0.3) is 11.1 Å². The number of aryl methyl sites for hydroxylation is 2. The third-order valence-electron chi connectivity index (χ3n) is 3.85. The van der Waals surface area contributed by atoms with Gasteiger partial charge in [0.15, 0.2) is 0 Å². The molecule has 0 radical (unpaired) electrons. The first kappa shape index (κ1) is 18.2. The lowest BCUT2D eigenvalue weighted by Crippen LogP contribution is -2.19. The van der Waals surface area contributed by atoms with Gasteiger partial charge in [-0.3, -0.25) is 4.79 Å². The lowest BCUT2D eigenvalue weighted by Gasteiger charge is -2.11. The van der Waals surface area contributed by atoms with Crippen molar-refractivity contribution in [2.24, 2.45) is 5.92 Å². The van der Waals surface area contributed by atoms with Crippen LogP contribution in [0.2, 0.25) is 0 Å². The number of ether oxygens (including phenoxy) is 1. The predicted molar refractivity (Wildman–Crippen MR) is 98.7 cm³/mol. The van der Waals surface area contributed by atoms with Crippen molar-refractivity contribution >= 4 is 28.2 Å². The second-order valence-corrected chi connectivity index (χ2v) is 6.90. The molecule has 2 rings (SSSR count). The van der Waals surface area contributed by atoms with Crippen LogP contribution in [-0.2, 0) is 9.53 Å². The molecule has 1 aromatic heterocycles. The molecule has 24 heavy (non-hydrogen) atoms. The number of benzene rings is 1. The molecular weight excluding hydrogens is 322 g/mol. The topological polar surface area (TPSA) is 55.4 Å². The number of nitrogens with one attached hydrogen (secondary N) is 1. The van der Waals surface area contributed by atoms with Gasteiger partial charge in [0.2, 0.25) is 5.91 Å². The number of carbonyl (C=O) groups is 2. The SMILES string of the molecule is CCOC(=O)c1c(-c2ccc(C)c(C)c2)csc1NC(=O)C(C)C. The fourth-order valence-electron chi connectivity index (χ4n) is 2.23. The first-order chi connectivity index (χ1) is 11.3. The second-order valence-electron chi connectivity index (χ2n) is 6.02. The van der Waals surface area contributed by atoms with E-state index in [2.05, 4.69) is 5.32 Å². The third-order valence-corrected chi connectivity index (χ3v) is 4.75. The highest BCUT2D eigenvalue weighted by atomic mass is 32.1. The molecule has 0 spiro atoms. The van der Waals surface area contributed by atoms with E-state index in [0.717, 1.165) is 16.7 Å². The van der Waals surface area contributed by atoms with Gasteiger partial charge in [0.1, 0.15) is 10.6 Å². The highest BCUT2D eigenvalue weighted by Crippen LogP contribution is 2.37. The van der Waals surface area contributed by atoms with Crippen molar-refractivity contribution in [3.05, 3.63) is 40.3 Å². The van der Waals surface area contributed by atoms with Gasteiger partial charge in [-0.1, -0.05) is 32.0 Å². The van der Waals surface area contributed by atoms with Gasteiger partial charge in [0.25, 0.3) is 0 Å². The standard InChI is InChI=1S/C19H23NO3S/c1-6-23-19(22)16-15(14-8-7-12(4)13(5)9-14)10-24-18(16)20-17(21)11(2)3/h7-11H,6H2,1-5H3,(H,20,21). The van der Waals surface area contributed by atoms with Gasteiger partial charge < -0.3 is 10.1 Å². The van der Waals surface area contributed by atoms with Crippen molar-refractivity contribution in [2.45, 2.75) is 34.6 Å². The van der Waals surface area contributed by atoms with E-state index in [1.54, 1.807) is 6.92 Å². The van der Waals surface area contributed by atoms with Crippen molar-refractivity contribution in [1.29, 1.82) is 0 Å². The summed E-state index contributed by atoms with van der Waals surface area (Å²) in [6, 6.07) is 6.07. The summed E-state index contributed by atoms with van der Waals surface area (Å²) in [5.41, 5.74) is 4.52. The Balaban J connectivity index is 2.51. The molecule has 0 fully saturated rings. The number of anilines is 1. The second kappa shape index (κ2) is 7.62. The van der Waals surface area contributed by atoms with E-state index in [1.165, 1.54) is 16.9 Å². The van der Waals surface area contributed by atoms with Crippen LogP contribution in [0.5, 0.6) is 0 Å². The minimum absolute atomic E-state index is 0.117. The molecule has 0 saturated heterocycles. The van der Waals surface area contributed by atoms with E-state index in [9.17, 15) is 9.59 Å². The summed E-state index contributed by atoms with van der Waals surface area (Å²) in [6.45, 7) is 9.78. The maximum absolute atomic E-state index is 12.5. The zero-order valence-corrected chi connectivity index (χ0v) is 15.5. The molecular formula is C19H23NO3S. The first-order valence-corrected chi connectivity index (χ1v) is 8.90. The zero-order chi connectivity index (χ0) is 17.9. The number of carbonyl (C=O) groups excluding carboxylic acids is 2. The minimum atomic E-state index is -0.411. The molecule has 0 bridgehead atoms. The molecule has 4 nitrogen and oxygen atoms in total. The maximum atomic E-state index is 12.5. The Bertz CT molecular complexity index is 762. The third kappa shape index (κ3) is 3.85. The quantitative estimate of drug-likeness (QED) is 0.792. The van der Waals surface area contributed by atoms with E-state index in [0.29, 0.717) is 17.2 Å². The molecule has 1 amide bonds. The molecule has 5 heteroatoms. The summed E-state index contributed by atoms with van der Waals surface area (Å²) >= 11 is 1.35. The van der Waals surface area contributed by atoms with Crippen molar-refractivity contribution in [1.82, 2.24) is 0 Å². The lowest BCUT2D eigenvalue weighted by molar-refractivity contribution is -0.118. The summed E-state index contributed by atoms with van der Waals surface area (Å²) in [6.07, 6.45) is 0. The molecule has 1 aromatic carbocycles. The fourth-order valence-corrected chi connectivity index (χ4v) is 3.19. The van der Waals surface area contributed by atoms with Gasteiger partial charge in [0, 0.05) is 16.9 Å². The van der Waals surface area contributed by atoms with Gasteiger partial charge in [-0.15, -0.1) is 11.3 Å². The molecule has 1 heterocycles. The first-order valence-electron chi connectivity index (χ1n) is 8.02. The van der Waals surface area contributed by atoms with E-state index < -0.39 is 5.97 Å². The maximum Gasteiger partial charge on any atom is 0.341 e. The Morgan fingerprint density at radius 2 is 1.92 bits per heavy atom. The zero-order valence-electron chi connectivity index (χ0n) is 14.7. The van der Waals surface area contributed by atoms with Crippen LogP contribution in [0, 0.1) is 19.8 Å². The molecule has 0 saturated carbocycles. The van der Waals surface area contributed by atoms with Crippen LogP contribution >= 0.6 is 11.3 Å². The van der Waals surface area contributed by atoms with Crippen LogP contribution in [0.15, 0.2) is 23.6 Å². The summed E-state index contributed by atoms with van der Waals surface area (Å²) in [5, 5.41) is 5.28. The highest BCUT2D eigenvalue weighted by molar-refractivity contribution is 7.15. The summed E-state index contributed by atoms with van der Waals surface area (Å²) in [4.78, 5) is 24.5. The average Bonchev–Trinajstić information content (AvgIpc) is 2.93. The molecule has 0 aliphatic carbocycles. The van der Waals surface area contributed by atoms with Gasteiger partial charge in [-0.25, -0.2) is 4.79 Å². The monoisotopic (exact) mass is 345 g/mol. The number of amides is 1. The smallest absolute Gasteiger partial charge is 0.341 e. The van der Waals surface area contributed by atoms with Crippen LogP contribution in [0.1, 0.15) is 42.3 Å². The van der Waals surface area contributed by atoms with Crippen molar-refractivity contribution in [2.75, 3.05) is 11.9 Å². The Kier molecular flexibility index (Phi) is 5.78. The van der Waals surface area contributed by atoms with Crippen molar-refractivity contribution in [3.8, 4) is 11.1 Å². The molecule has 0 aliphatic rings. The van der Waals surface area contributed by atoms with E-state index >= 15 is 0 Å². The number of hydrogen-bond donors (Lipinski definition) is 1. The Morgan fingerprint density at radius 3 is 2.50 bits per heavy atom. The van der Waals surface area contributed by atoms with Crippen LogP contribution < -0.4 is 5.32 Å². The summed E-state index contributed by atoms with van der Waals surface area (Å²) in [5.74, 6) is -0.688. The Morgan fingerprint density at radius 1 is 1.21 bits per heavy atom. The van der Waals surface area contributed by atoms with Crippen LogP contribution in [0.3, 0.4) is 0 Å². The normalized spacial score (nSPS) is 10.8. The Labute approximate surface area is 146 Å². The molecule has 0 atom stereocenters. The summed E-state index contributed by atoms with van der Waals surface area (Å²) < 4.78 is 5.20. The number of rotatable bonds is 5. The summed E-state index contributed by atoms with van der Waals surface area (Å²) in [7, 11) is 0. The molecule has 2 aromatic rings. The lowest BCUT2D eigenvalue weighted by atomic mass is 9.99. The van der Waals surface area contributed by atoms with E-state index in [-0.39, 0.29) is 11.8 Å². The number of hydrogen-bond acceptors (Lipinski definition) is 4. The molecule has 0 aliphatic heterocycles. The minimum Gasteiger partial charge on any atom is -0.462 e. The Hall–Kier alpha value is -2.14. The molecule has 0 unspecified atom stereocenters. The van der Waals surface area contributed by atoms with E-state index in [1.807, 2.05) is 51.3 Å². The van der Waals surface area contributed by atoms with Gasteiger partial charge in [-0.2, -0.15) is 0 Å². The highest BCUT2D eigenvalue weighted by Gasteiger charge is 2.23. The predicted octanol–water partition coefficient (Wildman–Crippen LogP) is 4.80. The van der Waals surface area contributed by atoms with Gasteiger partial charge in [-0.05, 0) is 37.5 Å². The largest absolute Gasteiger partial charge is 0.462 e. The van der Waals surface area contributed by atoms with E-state index in [4.69, 9.17) is 4.74 Å². The van der Waals surface area contributed by atoms with Crippen molar-refractivity contribution < 1.29 is 14.3 Å². The average molecular weight is 345 g/mol. The number of thiophene rings is 1. The van der Waals surface area contributed by atoms with Crippen molar-refractivity contribution in [3.63, 3.8) is 0 Å². The fraction of sp³-hybridized carbons (Fsp3) is 0.368. The van der Waals surface area contributed by atoms with Crippen LogP contribution in [-0.4, -0.2) is 18.5 Å².